The number of aromatic nitrogens is 5. The summed E-state index contributed by atoms with van der Waals surface area (Å²) < 4.78 is 2.15. The number of rotatable bonds is 8. The molecule has 5 rings (SSSR count). The van der Waals surface area contributed by atoms with Crippen molar-refractivity contribution in [3.05, 3.63) is 125 Å². The summed E-state index contributed by atoms with van der Waals surface area (Å²) in [4.78, 5) is 24.6. The minimum atomic E-state index is -1.06. The van der Waals surface area contributed by atoms with E-state index in [0.29, 0.717) is 32.3 Å². The molecule has 2 N–H and O–H groups in total. The smallest absolute Gasteiger partial charge is 0.335 e. The van der Waals surface area contributed by atoms with Crippen molar-refractivity contribution < 1.29 is 19.4 Å². The van der Waals surface area contributed by atoms with E-state index >= 15 is 0 Å². The summed E-state index contributed by atoms with van der Waals surface area (Å²) in [5.74, 6) is -2.31. The molecule has 0 saturated heterocycles. The predicted molar refractivity (Wildman–Crippen MR) is 143 cm³/mol. The SMILES string of the molecule is O=C(O)c1ccc(NC(=O)[C@H](Cc2ccccc2)c2ccc(-c3cc(Cl)ccc3-n3cnnn3)c[n+]2[O-])cc1. The third kappa shape index (κ3) is 5.76. The second-order valence-corrected chi connectivity index (χ2v) is 9.13. The van der Waals surface area contributed by atoms with E-state index in [2.05, 4.69) is 20.8 Å². The van der Waals surface area contributed by atoms with Gasteiger partial charge in [-0.15, -0.1) is 5.10 Å². The number of anilines is 1. The number of aromatic carboxylic acids is 1. The molecule has 2 heterocycles. The van der Waals surface area contributed by atoms with Crippen molar-refractivity contribution >= 4 is 29.2 Å². The number of carbonyl (C=O) groups is 2. The van der Waals surface area contributed by atoms with Gasteiger partial charge in [-0.1, -0.05) is 41.9 Å². The van der Waals surface area contributed by atoms with Gasteiger partial charge in [0.1, 0.15) is 12.2 Å². The fourth-order valence-electron chi connectivity index (χ4n) is 4.24. The quantitative estimate of drug-likeness (QED) is 0.221. The maximum atomic E-state index is 13.5. The molecule has 10 nitrogen and oxygen atoms in total. The van der Waals surface area contributed by atoms with E-state index in [1.54, 1.807) is 30.3 Å². The maximum absolute atomic E-state index is 13.5. The van der Waals surface area contributed by atoms with Crippen LogP contribution in [0.3, 0.4) is 0 Å². The van der Waals surface area contributed by atoms with E-state index in [4.69, 9.17) is 16.7 Å². The summed E-state index contributed by atoms with van der Waals surface area (Å²) in [6, 6.07) is 23.7. The predicted octanol–water partition coefficient (Wildman–Crippen LogP) is 4.28. The number of benzene rings is 3. The third-order valence-corrected chi connectivity index (χ3v) is 6.40. The Morgan fingerprint density at radius 2 is 1.79 bits per heavy atom. The minimum Gasteiger partial charge on any atom is -0.618 e. The monoisotopic (exact) mass is 540 g/mol. The summed E-state index contributed by atoms with van der Waals surface area (Å²) >= 11 is 6.25. The molecule has 194 valence electrons. The number of nitrogens with zero attached hydrogens (tertiary/aromatic N) is 5. The molecule has 0 fully saturated rings. The molecule has 11 heteroatoms. The molecular formula is C28H21ClN6O4. The standard InChI is InChI=1S/C28H21ClN6O4/c29-21-9-13-25(34-17-30-32-33-34)23(15-21)20-8-12-26(35(39)16-20)24(14-18-4-2-1-3-5-18)27(36)31-22-10-6-19(7-11-22)28(37)38/h1-13,15-17,24H,14H2,(H,31,36)(H,37,38)/t24-/m1/s1. The first-order valence-electron chi connectivity index (χ1n) is 11.8. The molecule has 0 aliphatic rings. The zero-order valence-corrected chi connectivity index (χ0v) is 21.1. The molecule has 0 unspecified atom stereocenters. The van der Waals surface area contributed by atoms with Gasteiger partial charge in [0, 0.05) is 27.9 Å². The van der Waals surface area contributed by atoms with E-state index < -0.39 is 17.8 Å². The first kappa shape index (κ1) is 25.6. The van der Waals surface area contributed by atoms with Crippen LogP contribution in [0.2, 0.25) is 5.02 Å². The molecular weight excluding hydrogens is 520 g/mol. The molecule has 5 aromatic rings. The van der Waals surface area contributed by atoms with Crippen LogP contribution >= 0.6 is 11.6 Å². The van der Waals surface area contributed by atoms with Crippen LogP contribution in [0.4, 0.5) is 5.69 Å². The Morgan fingerprint density at radius 1 is 1.03 bits per heavy atom. The molecule has 0 aliphatic carbocycles. The van der Waals surface area contributed by atoms with Crippen LogP contribution in [-0.4, -0.2) is 37.2 Å². The Morgan fingerprint density at radius 3 is 2.46 bits per heavy atom. The zero-order chi connectivity index (χ0) is 27.4. The highest BCUT2D eigenvalue weighted by molar-refractivity contribution is 6.31. The molecule has 0 spiro atoms. The lowest BCUT2D eigenvalue weighted by molar-refractivity contribution is -0.614. The molecule has 0 radical (unpaired) electrons. The molecule has 39 heavy (non-hydrogen) atoms. The highest BCUT2D eigenvalue weighted by Gasteiger charge is 2.29. The van der Waals surface area contributed by atoms with Gasteiger partial charge in [0.25, 0.3) is 0 Å². The Bertz CT molecular complexity index is 1630. The van der Waals surface area contributed by atoms with E-state index in [-0.39, 0.29) is 17.7 Å². The molecule has 2 aromatic heterocycles. The van der Waals surface area contributed by atoms with Gasteiger partial charge >= 0.3 is 5.97 Å². The van der Waals surface area contributed by atoms with Gasteiger partial charge in [-0.25, -0.2) is 4.79 Å². The van der Waals surface area contributed by atoms with Gasteiger partial charge in [-0.3, -0.25) is 4.79 Å². The Kier molecular flexibility index (Phi) is 7.28. The van der Waals surface area contributed by atoms with Gasteiger partial charge in [-0.2, -0.15) is 9.41 Å². The van der Waals surface area contributed by atoms with Crippen molar-refractivity contribution in [3.63, 3.8) is 0 Å². The summed E-state index contributed by atoms with van der Waals surface area (Å²) in [6.07, 6.45) is 3.10. The van der Waals surface area contributed by atoms with E-state index in [0.717, 1.165) is 5.56 Å². The fraction of sp³-hybridized carbons (Fsp3) is 0.0714. The molecule has 1 amide bonds. The molecule has 3 aromatic carbocycles. The first-order valence-corrected chi connectivity index (χ1v) is 12.2. The number of amides is 1. The van der Waals surface area contributed by atoms with Crippen LogP contribution in [0, 0.1) is 5.21 Å². The number of hydrogen-bond acceptors (Lipinski definition) is 6. The average Bonchev–Trinajstić information content (AvgIpc) is 3.48. The number of pyridine rings is 1. The maximum Gasteiger partial charge on any atom is 0.335 e. The number of carboxylic acid groups (broad SMARTS) is 1. The second-order valence-electron chi connectivity index (χ2n) is 8.70. The van der Waals surface area contributed by atoms with Crippen molar-refractivity contribution in [3.8, 4) is 16.8 Å². The number of carboxylic acids is 1. The van der Waals surface area contributed by atoms with Crippen molar-refractivity contribution in [1.29, 1.82) is 0 Å². The van der Waals surface area contributed by atoms with Crippen LogP contribution in [0.15, 0.2) is 97.5 Å². The van der Waals surface area contributed by atoms with Crippen LogP contribution in [0.25, 0.3) is 16.8 Å². The summed E-state index contributed by atoms with van der Waals surface area (Å²) in [5.41, 5.74) is 3.46. The van der Waals surface area contributed by atoms with Gasteiger partial charge in [-0.05, 0) is 70.9 Å². The molecule has 0 aliphatic heterocycles. The third-order valence-electron chi connectivity index (χ3n) is 6.17. The Labute approximate surface area is 227 Å². The Balaban J connectivity index is 1.50. The lowest BCUT2D eigenvalue weighted by atomic mass is 9.93. The summed E-state index contributed by atoms with van der Waals surface area (Å²) in [7, 11) is 0. The van der Waals surface area contributed by atoms with Gasteiger partial charge in [0.2, 0.25) is 11.6 Å². The van der Waals surface area contributed by atoms with Gasteiger partial charge in [0.15, 0.2) is 6.20 Å². The number of hydrogen-bond donors (Lipinski definition) is 2. The summed E-state index contributed by atoms with van der Waals surface area (Å²) in [5, 5.41) is 37.1. The normalized spacial score (nSPS) is 11.6. The summed E-state index contributed by atoms with van der Waals surface area (Å²) in [6.45, 7) is 0. The largest absolute Gasteiger partial charge is 0.618 e. The topological polar surface area (TPSA) is 137 Å². The van der Waals surface area contributed by atoms with Gasteiger partial charge in [0.05, 0.1) is 11.3 Å². The Hall–Kier alpha value is -5.09. The average molecular weight is 541 g/mol. The van der Waals surface area contributed by atoms with Crippen LogP contribution in [0.1, 0.15) is 27.5 Å². The minimum absolute atomic E-state index is 0.101. The van der Waals surface area contributed by atoms with E-state index in [1.165, 1.54) is 41.5 Å². The van der Waals surface area contributed by atoms with Gasteiger partial charge < -0.3 is 15.6 Å². The highest BCUT2D eigenvalue weighted by atomic mass is 35.5. The number of halogens is 1. The molecule has 1 atom stereocenters. The van der Waals surface area contributed by atoms with Crippen molar-refractivity contribution in [1.82, 2.24) is 20.2 Å². The number of nitrogens with one attached hydrogen (secondary N) is 1. The molecule has 0 saturated carbocycles. The van der Waals surface area contributed by atoms with Crippen molar-refractivity contribution in [2.24, 2.45) is 0 Å². The van der Waals surface area contributed by atoms with Crippen LogP contribution in [-0.2, 0) is 11.2 Å². The zero-order valence-electron chi connectivity index (χ0n) is 20.3. The van der Waals surface area contributed by atoms with Crippen molar-refractivity contribution in [2.75, 3.05) is 5.32 Å². The number of tetrazole rings is 1. The van der Waals surface area contributed by atoms with Crippen LogP contribution < -0.4 is 10.0 Å². The lowest BCUT2D eigenvalue weighted by Crippen LogP contribution is -2.38. The van der Waals surface area contributed by atoms with Crippen molar-refractivity contribution in [2.45, 2.75) is 12.3 Å². The highest BCUT2D eigenvalue weighted by Crippen LogP contribution is 2.30. The number of carbonyl (C=O) groups excluding carboxylic acids is 1. The molecule has 0 bridgehead atoms. The second kappa shape index (κ2) is 11.1. The lowest BCUT2D eigenvalue weighted by Gasteiger charge is -2.18. The fourth-order valence-corrected chi connectivity index (χ4v) is 4.41. The van der Waals surface area contributed by atoms with E-state index in [1.807, 2.05) is 30.3 Å². The first-order chi connectivity index (χ1) is 18.9. The van der Waals surface area contributed by atoms with E-state index in [9.17, 15) is 14.8 Å². The van der Waals surface area contributed by atoms with Crippen LogP contribution in [0.5, 0.6) is 0 Å².